The Morgan fingerprint density at radius 3 is 2.86 bits per heavy atom. The zero-order valence-electron chi connectivity index (χ0n) is 12.8. The molecule has 1 fully saturated rings. The van der Waals surface area contributed by atoms with E-state index in [9.17, 15) is 13.2 Å². The lowest BCUT2D eigenvalue weighted by Gasteiger charge is -2.33. The quantitative estimate of drug-likeness (QED) is 0.875. The van der Waals surface area contributed by atoms with Crippen molar-refractivity contribution in [1.29, 1.82) is 0 Å². The number of rotatable bonds is 4. The van der Waals surface area contributed by atoms with Crippen molar-refractivity contribution in [2.75, 3.05) is 24.7 Å². The fourth-order valence-electron chi connectivity index (χ4n) is 2.27. The molecule has 0 spiro atoms. The molecular formula is C14H21N3O4S. The molecule has 1 unspecified atom stereocenters. The molecule has 1 atom stereocenters. The van der Waals surface area contributed by atoms with Crippen molar-refractivity contribution >= 4 is 21.7 Å². The summed E-state index contributed by atoms with van der Waals surface area (Å²) in [5, 5.41) is 5.27. The van der Waals surface area contributed by atoms with E-state index >= 15 is 0 Å². The maximum absolute atomic E-state index is 11.9. The minimum Gasteiger partial charge on any atom is -0.373 e. The Kier molecular flexibility index (Phi) is 5.02. The van der Waals surface area contributed by atoms with E-state index in [1.165, 1.54) is 18.3 Å². The number of carbonyl (C=O) groups is 1. The first-order valence-electron chi connectivity index (χ1n) is 7.13. The predicted octanol–water partition coefficient (Wildman–Crippen LogP) is 1.57. The van der Waals surface area contributed by atoms with Gasteiger partial charge in [-0.1, -0.05) is 0 Å². The normalized spacial score (nSPS) is 22.1. The number of nitrogens with zero attached hydrogens (tertiary/aromatic N) is 1. The van der Waals surface area contributed by atoms with Crippen LogP contribution in [0.2, 0.25) is 0 Å². The molecule has 0 aliphatic carbocycles. The third kappa shape index (κ3) is 4.67. The summed E-state index contributed by atoms with van der Waals surface area (Å²) < 4.78 is 28.6. The topological polar surface area (TPSA) is 97.4 Å². The number of urea groups is 1. The zero-order chi connectivity index (χ0) is 16.2. The van der Waals surface area contributed by atoms with E-state index in [0.717, 1.165) is 25.5 Å². The number of pyridine rings is 1. The Morgan fingerprint density at radius 2 is 2.23 bits per heavy atom. The van der Waals surface area contributed by atoms with Gasteiger partial charge in [-0.05, 0) is 38.3 Å². The summed E-state index contributed by atoms with van der Waals surface area (Å²) in [7, 11) is -3.33. The predicted molar refractivity (Wildman–Crippen MR) is 82.6 cm³/mol. The lowest BCUT2D eigenvalue weighted by Crippen LogP contribution is -2.45. The lowest BCUT2D eigenvalue weighted by atomic mass is 9.96. The second kappa shape index (κ2) is 6.62. The van der Waals surface area contributed by atoms with Crippen LogP contribution < -0.4 is 10.6 Å². The number of nitrogens with one attached hydrogen (secondary N) is 2. The molecule has 2 N–H and O–H groups in total. The third-order valence-electron chi connectivity index (χ3n) is 3.57. The molecule has 0 bridgehead atoms. The molecule has 0 radical (unpaired) electrons. The molecule has 1 aromatic heterocycles. The van der Waals surface area contributed by atoms with Gasteiger partial charge >= 0.3 is 6.03 Å². The van der Waals surface area contributed by atoms with Crippen LogP contribution >= 0.6 is 0 Å². The van der Waals surface area contributed by atoms with Crippen molar-refractivity contribution in [1.82, 2.24) is 10.3 Å². The molecular weight excluding hydrogens is 306 g/mol. The molecule has 8 heteroatoms. The molecule has 1 saturated heterocycles. The molecule has 1 aliphatic heterocycles. The first-order valence-corrected chi connectivity index (χ1v) is 9.03. The van der Waals surface area contributed by atoms with Crippen LogP contribution in [0.25, 0.3) is 0 Å². The maximum Gasteiger partial charge on any atom is 0.320 e. The highest BCUT2D eigenvalue weighted by Gasteiger charge is 2.28. The summed E-state index contributed by atoms with van der Waals surface area (Å²) in [6.07, 6.45) is 5.47. The van der Waals surface area contributed by atoms with Crippen molar-refractivity contribution in [3.63, 3.8) is 0 Å². The minimum absolute atomic E-state index is 0.111. The number of ether oxygens (including phenoxy) is 1. The lowest BCUT2D eigenvalue weighted by molar-refractivity contribution is -0.0612. The fourth-order valence-corrected chi connectivity index (χ4v) is 2.90. The van der Waals surface area contributed by atoms with Crippen LogP contribution in [0.1, 0.15) is 26.2 Å². The average Bonchev–Trinajstić information content (AvgIpc) is 2.46. The molecule has 122 valence electrons. The van der Waals surface area contributed by atoms with Gasteiger partial charge in [-0.2, -0.15) is 0 Å². The van der Waals surface area contributed by atoms with Crippen molar-refractivity contribution in [2.24, 2.45) is 0 Å². The summed E-state index contributed by atoms with van der Waals surface area (Å²) in [5.74, 6) is 0.190. The van der Waals surface area contributed by atoms with Crippen LogP contribution in [-0.2, 0) is 14.6 Å². The molecule has 2 rings (SSSR count). The minimum atomic E-state index is -3.33. The third-order valence-corrected chi connectivity index (χ3v) is 4.68. The largest absolute Gasteiger partial charge is 0.373 e. The number of carbonyl (C=O) groups excluding carboxylic acids is 1. The van der Waals surface area contributed by atoms with Crippen LogP contribution in [0.15, 0.2) is 23.2 Å². The summed E-state index contributed by atoms with van der Waals surface area (Å²) in [6, 6.07) is 2.27. The smallest absolute Gasteiger partial charge is 0.320 e. The maximum atomic E-state index is 11.9. The highest BCUT2D eigenvalue weighted by Crippen LogP contribution is 2.23. The highest BCUT2D eigenvalue weighted by molar-refractivity contribution is 7.90. The van der Waals surface area contributed by atoms with Gasteiger partial charge in [-0.3, -0.25) is 5.32 Å². The Morgan fingerprint density at radius 1 is 1.45 bits per heavy atom. The van der Waals surface area contributed by atoms with Gasteiger partial charge in [-0.25, -0.2) is 18.2 Å². The number of anilines is 1. The second-order valence-corrected chi connectivity index (χ2v) is 7.73. The number of hydrogen-bond donors (Lipinski definition) is 2. The molecule has 0 aromatic carbocycles. The van der Waals surface area contributed by atoms with Crippen molar-refractivity contribution in [3.05, 3.63) is 18.3 Å². The standard InChI is InChI=1S/C14H21N3O4S/c1-14(6-3-4-8-21-14)10-16-13(18)17-12-9-11(5-7-15-12)22(2,19)20/h5,7,9H,3-4,6,8,10H2,1-2H3,(H2,15,16,17,18). The van der Waals surface area contributed by atoms with Gasteiger partial charge in [0.2, 0.25) is 0 Å². The number of amides is 2. The van der Waals surface area contributed by atoms with E-state index in [2.05, 4.69) is 15.6 Å². The highest BCUT2D eigenvalue weighted by atomic mass is 32.2. The van der Waals surface area contributed by atoms with Crippen molar-refractivity contribution in [2.45, 2.75) is 36.7 Å². The first kappa shape index (κ1) is 16.7. The fraction of sp³-hybridized carbons (Fsp3) is 0.571. The van der Waals surface area contributed by atoms with E-state index in [4.69, 9.17) is 4.74 Å². The monoisotopic (exact) mass is 327 g/mol. The van der Waals surface area contributed by atoms with Crippen LogP contribution in [0.5, 0.6) is 0 Å². The number of hydrogen-bond acceptors (Lipinski definition) is 5. The molecule has 2 amide bonds. The van der Waals surface area contributed by atoms with E-state index in [0.29, 0.717) is 13.2 Å². The first-order chi connectivity index (χ1) is 10.3. The Hall–Kier alpha value is -1.67. The number of sulfone groups is 1. The van der Waals surface area contributed by atoms with Crippen LogP contribution in [0.4, 0.5) is 10.6 Å². The Bertz CT molecular complexity index is 639. The SMILES string of the molecule is CC1(CNC(=O)Nc2cc(S(C)(=O)=O)ccn2)CCCCO1. The van der Waals surface area contributed by atoms with Gasteiger partial charge < -0.3 is 10.1 Å². The molecule has 22 heavy (non-hydrogen) atoms. The van der Waals surface area contributed by atoms with Gasteiger partial charge in [-0.15, -0.1) is 0 Å². The van der Waals surface area contributed by atoms with E-state index < -0.39 is 15.9 Å². The van der Waals surface area contributed by atoms with E-state index in [-0.39, 0.29) is 16.3 Å². The molecule has 0 saturated carbocycles. The Labute approximate surface area is 130 Å². The average molecular weight is 327 g/mol. The van der Waals surface area contributed by atoms with Crippen molar-refractivity contribution in [3.8, 4) is 0 Å². The molecule has 7 nitrogen and oxygen atoms in total. The van der Waals surface area contributed by atoms with Crippen molar-refractivity contribution < 1.29 is 17.9 Å². The van der Waals surface area contributed by atoms with Gasteiger partial charge in [0, 0.05) is 25.6 Å². The van der Waals surface area contributed by atoms with E-state index in [1.807, 2.05) is 6.92 Å². The van der Waals surface area contributed by atoms with Gasteiger partial charge in [0.15, 0.2) is 9.84 Å². The van der Waals surface area contributed by atoms with Gasteiger partial charge in [0.25, 0.3) is 0 Å². The van der Waals surface area contributed by atoms with Gasteiger partial charge in [0.1, 0.15) is 5.82 Å². The molecule has 1 aliphatic rings. The van der Waals surface area contributed by atoms with Gasteiger partial charge in [0.05, 0.1) is 10.5 Å². The van der Waals surface area contributed by atoms with Crippen LogP contribution in [0, 0.1) is 0 Å². The van der Waals surface area contributed by atoms with Crippen LogP contribution in [0.3, 0.4) is 0 Å². The van der Waals surface area contributed by atoms with Crippen LogP contribution in [-0.4, -0.2) is 44.4 Å². The summed E-state index contributed by atoms with van der Waals surface area (Å²) in [6.45, 7) is 3.07. The Balaban J connectivity index is 1.92. The molecule has 2 heterocycles. The summed E-state index contributed by atoms with van der Waals surface area (Å²) >= 11 is 0. The summed E-state index contributed by atoms with van der Waals surface area (Å²) in [4.78, 5) is 15.9. The number of aromatic nitrogens is 1. The molecule has 1 aromatic rings. The second-order valence-electron chi connectivity index (χ2n) is 5.71. The zero-order valence-corrected chi connectivity index (χ0v) is 13.6. The summed E-state index contributed by atoms with van der Waals surface area (Å²) in [5.41, 5.74) is -0.350. The van der Waals surface area contributed by atoms with E-state index in [1.54, 1.807) is 0 Å².